The maximum atomic E-state index is 12.9. The lowest BCUT2D eigenvalue weighted by molar-refractivity contribution is -0.140. The number of benzene rings is 2. The average molecular weight is 463 g/mol. The summed E-state index contributed by atoms with van der Waals surface area (Å²) in [6.45, 7) is 0.104. The SMILES string of the molecule is O=C(O)CC(NC(=O)OCC1c2ccccc2-c2ccccc21)C(=O)NC1CC2CCC(C2)C1. The molecule has 2 saturated carbocycles. The molecule has 3 aliphatic rings. The fourth-order valence-corrected chi connectivity index (χ4v) is 6.09. The van der Waals surface area contributed by atoms with Crippen LogP contribution < -0.4 is 10.6 Å². The highest BCUT2D eigenvalue weighted by molar-refractivity contribution is 5.89. The summed E-state index contributed by atoms with van der Waals surface area (Å²) in [7, 11) is 0. The molecule has 5 rings (SSSR count). The van der Waals surface area contributed by atoms with Gasteiger partial charge in [-0.05, 0) is 53.4 Å². The monoisotopic (exact) mass is 462 g/mol. The van der Waals surface area contributed by atoms with Gasteiger partial charge in [0.25, 0.3) is 0 Å². The Morgan fingerprint density at radius 2 is 1.50 bits per heavy atom. The van der Waals surface area contributed by atoms with Gasteiger partial charge in [0.1, 0.15) is 12.6 Å². The van der Waals surface area contributed by atoms with Crippen LogP contribution in [0.3, 0.4) is 0 Å². The Kier molecular flexibility index (Phi) is 6.26. The normalized spacial score (nSPS) is 23.5. The zero-order valence-corrected chi connectivity index (χ0v) is 19.0. The minimum Gasteiger partial charge on any atom is -0.481 e. The van der Waals surface area contributed by atoms with Crippen LogP contribution in [0.4, 0.5) is 4.79 Å². The summed E-state index contributed by atoms with van der Waals surface area (Å²) in [5, 5.41) is 14.8. The molecule has 0 saturated heterocycles. The lowest BCUT2D eigenvalue weighted by Gasteiger charge is -2.29. The van der Waals surface area contributed by atoms with Gasteiger partial charge >= 0.3 is 12.1 Å². The third-order valence-corrected chi connectivity index (χ3v) is 7.56. The molecular formula is C27H30N2O5. The first kappa shape index (κ1) is 22.4. The molecule has 178 valence electrons. The number of nitrogens with one attached hydrogen (secondary N) is 2. The van der Waals surface area contributed by atoms with E-state index in [4.69, 9.17) is 4.74 Å². The Morgan fingerprint density at radius 1 is 0.912 bits per heavy atom. The fraction of sp³-hybridized carbons (Fsp3) is 0.444. The van der Waals surface area contributed by atoms with Crippen LogP contribution in [0.15, 0.2) is 48.5 Å². The molecule has 34 heavy (non-hydrogen) atoms. The van der Waals surface area contributed by atoms with Crippen LogP contribution in [-0.4, -0.2) is 41.8 Å². The van der Waals surface area contributed by atoms with E-state index in [1.807, 2.05) is 36.4 Å². The van der Waals surface area contributed by atoms with Gasteiger partial charge < -0.3 is 20.5 Å². The molecule has 2 bridgehead atoms. The van der Waals surface area contributed by atoms with E-state index in [1.165, 1.54) is 19.3 Å². The molecule has 0 spiro atoms. The molecule has 3 aliphatic carbocycles. The number of fused-ring (bicyclic) bond motifs is 5. The highest BCUT2D eigenvalue weighted by atomic mass is 16.5. The smallest absolute Gasteiger partial charge is 0.407 e. The number of carboxylic acid groups (broad SMARTS) is 1. The van der Waals surface area contributed by atoms with Crippen LogP contribution >= 0.6 is 0 Å². The molecule has 2 aromatic rings. The van der Waals surface area contributed by atoms with Gasteiger partial charge in [0, 0.05) is 12.0 Å². The molecule has 3 unspecified atom stereocenters. The molecule has 7 heteroatoms. The number of carbonyl (C=O) groups is 3. The van der Waals surface area contributed by atoms with Crippen molar-refractivity contribution in [2.24, 2.45) is 11.8 Å². The van der Waals surface area contributed by atoms with Gasteiger partial charge in [-0.1, -0.05) is 61.4 Å². The van der Waals surface area contributed by atoms with E-state index in [-0.39, 0.29) is 18.6 Å². The highest BCUT2D eigenvalue weighted by Crippen LogP contribution is 2.44. The van der Waals surface area contributed by atoms with E-state index in [1.54, 1.807) is 0 Å². The van der Waals surface area contributed by atoms with Crippen LogP contribution in [0.5, 0.6) is 0 Å². The van der Waals surface area contributed by atoms with E-state index >= 15 is 0 Å². The minimum atomic E-state index is -1.17. The number of hydrogen-bond acceptors (Lipinski definition) is 4. The van der Waals surface area contributed by atoms with Crippen molar-refractivity contribution in [2.75, 3.05) is 6.61 Å². The molecule has 0 aliphatic heterocycles. The van der Waals surface area contributed by atoms with Gasteiger partial charge in [0.05, 0.1) is 6.42 Å². The van der Waals surface area contributed by atoms with Crippen molar-refractivity contribution in [1.82, 2.24) is 10.6 Å². The van der Waals surface area contributed by atoms with Crippen LogP contribution in [-0.2, 0) is 14.3 Å². The van der Waals surface area contributed by atoms with Crippen molar-refractivity contribution in [3.8, 4) is 11.1 Å². The highest BCUT2D eigenvalue weighted by Gasteiger charge is 2.36. The Balaban J connectivity index is 1.21. The number of rotatable bonds is 7. The Hall–Kier alpha value is -3.35. The molecule has 0 heterocycles. The van der Waals surface area contributed by atoms with Crippen LogP contribution in [0.1, 0.15) is 55.6 Å². The Bertz CT molecular complexity index is 1040. The van der Waals surface area contributed by atoms with Crippen molar-refractivity contribution < 1.29 is 24.2 Å². The standard InChI is InChI=1S/C27H30N2O5/c30-25(31)14-24(26(32)28-18-12-16-9-10-17(11-16)13-18)29-27(33)34-15-23-21-7-3-1-5-19(21)20-6-2-4-8-22(20)23/h1-8,16-18,23-24H,9-15H2,(H,28,32)(H,29,33)(H,30,31). The van der Waals surface area contributed by atoms with Crippen LogP contribution in [0.25, 0.3) is 11.1 Å². The summed E-state index contributed by atoms with van der Waals surface area (Å²) in [5.74, 6) is -0.443. The van der Waals surface area contributed by atoms with Gasteiger partial charge in [0.15, 0.2) is 0 Å². The molecule has 7 nitrogen and oxygen atoms in total. The average Bonchev–Trinajstić information content (AvgIpc) is 3.33. The molecular weight excluding hydrogens is 432 g/mol. The third-order valence-electron chi connectivity index (χ3n) is 7.56. The van der Waals surface area contributed by atoms with E-state index in [9.17, 15) is 19.5 Å². The van der Waals surface area contributed by atoms with E-state index in [0.717, 1.165) is 35.1 Å². The maximum Gasteiger partial charge on any atom is 0.407 e. The zero-order valence-electron chi connectivity index (χ0n) is 19.0. The van der Waals surface area contributed by atoms with E-state index in [0.29, 0.717) is 11.8 Å². The van der Waals surface area contributed by atoms with Gasteiger partial charge in [-0.25, -0.2) is 4.79 Å². The molecule has 0 radical (unpaired) electrons. The van der Waals surface area contributed by atoms with Crippen molar-refractivity contribution in [2.45, 2.75) is 56.5 Å². The van der Waals surface area contributed by atoms with Gasteiger partial charge in [-0.15, -0.1) is 0 Å². The van der Waals surface area contributed by atoms with Gasteiger partial charge in [-0.3, -0.25) is 9.59 Å². The Morgan fingerprint density at radius 3 is 2.09 bits per heavy atom. The number of carboxylic acids is 1. The molecule has 2 fully saturated rings. The number of aliphatic carboxylic acids is 1. The number of carbonyl (C=O) groups excluding carboxylic acids is 2. The predicted molar refractivity (Wildman–Crippen MR) is 126 cm³/mol. The Labute approximate surface area is 198 Å². The molecule has 3 atom stereocenters. The molecule has 3 N–H and O–H groups in total. The van der Waals surface area contributed by atoms with Crippen molar-refractivity contribution in [1.29, 1.82) is 0 Å². The second kappa shape index (κ2) is 9.49. The maximum absolute atomic E-state index is 12.9. The fourth-order valence-electron chi connectivity index (χ4n) is 6.09. The van der Waals surface area contributed by atoms with Crippen LogP contribution in [0, 0.1) is 11.8 Å². The summed E-state index contributed by atoms with van der Waals surface area (Å²) >= 11 is 0. The number of amides is 2. The summed E-state index contributed by atoms with van der Waals surface area (Å²) in [6.07, 6.45) is 4.20. The first-order chi connectivity index (χ1) is 16.5. The number of hydrogen-bond donors (Lipinski definition) is 3. The molecule has 0 aromatic heterocycles. The molecule has 2 aromatic carbocycles. The summed E-state index contributed by atoms with van der Waals surface area (Å²) < 4.78 is 5.51. The van der Waals surface area contributed by atoms with Gasteiger partial charge in [-0.2, -0.15) is 0 Å². The van der Waals surface area contributed by atoms with E-state index in [2.05, 4.69) is 22.8 Å². The van der Waals surface area contributed by atoms with Crippen molar-refractivity contribution >= 4 is 18.0 Å². The lowest BCUT2D eigenvalue weighted by Crippen LogP contribution is -2.51. The van der Waals surface area contributed by atoms with Crippen molar-refractivity contribution in [3.05, 3.63) is 59.7 Å². The third kappa shape index (κ3) is 4.65. The zero-order chi connectivity index (χ0) is 23.7. The first-order valence-corrected chi connectivity index (χ1v) is 12.1. The number of alkyl carbamates (subject to hydrolysis) is 1. The molecule has 2 amide bonds. The topological polar surface area (TPSA) is 105 Å². The van der Waals surface area contributed by atoms with Crippen LogP contribution in [0.2, 0.25) is 0 Å². The second-order valence-corrected chi connectivity index (χ2v) is 9.84. The summed E-state index contributed by atoms with van der Waals surface area (Å²) in [5.41, 5.74) is 4.42. The predicted octanol–water partition coefficient (Wildman–Crippen LogP) is 4.06. The largest absolute Gasteiger partial charge is 0.481 e. The summed E-state index contributed by atoms with van der Waals surface area (Å²) in [4.78, 5) is 36.9. The number of ether oxygens (including phenoxy) is 1. The van der Waals surface area contributed by atoms with Gasteiger partial charge in [0.2, 0.25) is 5.91 Å². The summed E-state index contributed by atoms with van der Waals surface area (Å²) in [6, 6.07) is 14.9. The minimum absolute atomic E-state index is 0.0411. The first-order valence-electron chi connectivity index (χ1n) is 12.1. The van der Waals surface area contributed by atoms with Crippen molar-refractivity contribution in [3.63, 3.8) is 0 Å². The lowest BCUT2D eigenvalue weighted by atomic mass is 9.85. The van der Waals surface area contributed by atoms with E-state index < -0.39 is 30.4 Å². The second-order valence-electron chi connectivity index (χ2n) is 9.84. The quantitative estimate of drug-likeness (QED) is 0.576.